The first-order valence-electron chi connectivity index (χ1n) is 8.38. The number of halogens is 1. The van der Waals surface area contributed by atoms with Crippen molar-refractivity contribution in [2.45, 2.75) is 13.3 Å². The number of benzene rings is 2. The number of hydrogen-bond donors (Lipinski definition) is 1. The fourth-order valence-corrected chi connectivity index (χ4v) is 3.91. The van der Waals surface area contributed by atoms with E-state index in [4.69, 9.17) is 21.1 Å². The van der Waals surface area contributed by atoms with Gasteiger partial charge in [-0.1, -0.05) is 18.5 Å². The average molecular weight is 404 g/mol. The first-order chi connectivity index (χ1) is 13.0. The van der Waals surface area contributed by atoms with Crippen molar-refractivity contribution >= 4 is 50.6 Å². The van der Waals surface area contributed by atoms with E-state index in [1.54, 1.807) is 37.4 Å². The molecule has 0 saturated heterocycles. The Morgan fingerprint density at radius 3 is 2.56 bits per heavy atom. The van der Waals surface area contributed by atoms with Crippen molar-refractivity contribution in [1.29, 1.82) is 0 Å². The average Bonchev–Trinajstić information content (AvgIpc) is 3.02. The Morgan fingerprint density at radius 2 is 1.89 bits per heavy atom. The smallest absolute Gasteiger partial charge is 0.338 e. The second kappa shape index (κ2) is 8.41. The van der Waals surface area contributed by atoms with Crippen LogP contribution in [0.15, 0.2) is 42.5 Å². The molecule has 7 heteroatoms. The molecule has 0 aliphatic carbocycles. The van der Waals surface area contributed by atoms with E-state index < -0.39 is 0 Å². The largest absolute Gasteiger partial charge is 0.497 e. The predicted octanol–water partition coefficient (Wildman–Crippen LogP) is 5.38. The first-order valence-corrected chi connectivity index (χ1v) is 9.57. The van der Waals surface area contributed by atoms with Crippen LogP contribution in [0.1, 0.15) is 33.4 Å². The summed E-state index contributed by atoms with van der Waals surface area (Å²) >= 11 is 7.68. The van der Waals surface area contributed by atoms with Gasteiger partial charge in [-0.2, -0.15) is 0 Å². The summed E-state index contributed by atoms with van der Waals surface area (Å²) in [5.41, 5.74) is 1.01. The first kappa shape index (κ1) is 19.2. The third-order valence-corrected chi connectivity index (χ3v) is 5.51. The Balaban J connectivity index is 1.76. The molecule has 3 rings (SSSR count). The zero-order chi connectivity index (χ0) is 19.4. The Kier molecular flexibility index (Phi) is 5.98. The van der Waals surface area contributed by atoms with E-state index in [2.05, 4.69) is 5.32 Å². The summed E-state index contributed by atoms with van der Waals surface area (Å²) in [7, 11) is 1.59. The van der Waals surface area contributed by atoms with E-state index >= 15 is 0 Å². The molecule has 0 bridgehead atoms. The van der Waals surface area contributed by atoms with Crippen LogP contribution in [0.25, 0.3) is 10.1 Å². The fourth-order valence-electron chi connectivity index (χ4n) is 2.47. The van der Waals surface area contributed by atoms with E-state index in [-0.39, 0.29) is 11.9 Å². The highest BCUT2D eigenvalue weighted by molar-refractivity contribution is 7.21. The molecule has 140 valence electrons. The summed E-state index contributed by atoms with van der Waals surface area (Å²) in [5, 5.41) is 4.02. The normalized spacial score (nSPS) is 10.6. The highest BCUT2D eigenvalue weighted by atomic mass is 35.5. The van der Waals surface area contributed by atoms with Crippen molar-refractivity contribution in [2.24, 2.45) is 0 Å². The van der Waals surface area contributed by atoms with E-state index in [1.807, 2.05) is 19.1 Å². The molecule has 0 aliphatic rings. The van der Waals surface area contributed by atoms with Crippen molar-refractivity contribution in [3.05, 3.63) is 57.9 Å². The van der Waals surface area contributed by atoms with Crippen LogP contribution in [0, 0.1) is 0 Å². The number of esters is 1. The summed E-state index contributed by atoms with van der Waals surface area (Å²) in [4.78, 5) is 24.9. The highest BCUT2D eigenvalue weighted by Crippen LogP contribution is 2.37. The number of carbonyl (C=O) groups is 2. The van der Waals surface area contributed by atoms with Crippen LogP contribution in [-0.2, 0) is 4.74 Å². The summed E-state index contributed by atoms with van der Waals surface area (Å²) < 4.78 is 11.2. The molecule has 0 fully saturated rings. The molecule has 1 N–H and O–H groups in total. The lowest BCUT2D eigenvalue weighted by Crippen LogP contribution is -2.11. The third-order valence-electron chi connectivity index (χ3n) is 3.86. The number of hydrogen-bond acceptors (Lipinski definition) is 5. The lowest BCUT2D eigenvalue weighted by atomic mass is 10.2. The van der Waals surface area contributed by atoms with Crippen LogP contribution in [-0.4, -0.2) is 25.6 Å². The number of carbonyl (C=O) groups excluding carboxylic acids is 2. The van der Waals surface area contributed by atoms with Crippen LogP contribution < -0.4 is 10.1 Å². The van der Waals surface area contributed by atoms with Crippen LogP contribution in [0.2, 0.25) is 5.02 Å². The van der Waals surface area contributed by atoms with Gasteiger partial charge in [0.05, 0.1) is 24.3 Å². The maximum Gasteiger partial charge on any atom is 0.338 e. The molecule has 0 atom stereocenters. The SMILES string of the molecule is CCCOC(=O)c1ccc(NC(=O)c2sc3cc(OC)ccc3c2Cl)cc1. The van der Waals surface area contributed by atoms with Crippen molar-refractivity contribution in [2.75, 3.05) is 19.0 Å². The molecule has 0 spiro atoms. The van der Waals surface area contributed by atoms with Crippen molar-refractivity contribution in [3.63, 3.8) is 0 Å². The molecule has 1 amide bonds. The zero-order valence-electron chi connectivity index (χ0n) is 14.9. The Hall–Kier alpha value is -2.57. The summed E-state index contributed by atoms with van der Waals surface area (Å²) in [6.45, 7) is 2.31. The topological polar surface area (TPSA) is 64.6 Å². The van der Waals surface area contributed by atoms with Crippen molar-refractivity contribution < 1.29 is 19.1 Å². The van der Waals surface area contributed by atoms with Crippen molar-refractivity contribution in [3.8, 4) is 5.75 Å². The van der Waals surface area contributed by atoms with E-state index in [0.29, 0.717) is 33.5 Å². The lowest BCUT2D eigenvalue weighted by molar-refractivity contribution is 0.0505. The zero-order valence-corrected chi connectivity index (χ0v) is 16.4. The number of rotatable bonds is 6. The molecular formula is C20H18ClNO4S. The van der Waals surface area contributed by atoms with Gasteiger partial charge in [0.2, 0.25) is 0 Å². The molecule has 1 heterocycles. The third kappa shape index (κ3) is 4.23. The van der Waals surface area contributed by atoms with Gasteiger partial charge in [0.1, 0.15) is 10.6 Å². The number of amides is 1. The lowest BCUT2D eigenvalue weighted by Gasteiger charge is -2.06. The molecule has 27 heavy (non-hydrogen) atoms. The number of methoxy groups -OCH3 is 1. The molecule has 5 nitrogen and oxygen atoms in total. The summed E-state index contributed by atoms with van der Waals surface area (Å²) in [6, 6.07) is 12.0. The molecule has 3 aromatic rings. The van der Waals surface area contributed by atoms with Crippen LogP contribution in [0.5, 0.6) is 5.75 Å². The quantitative estimate of drug-likeness (QED) is 0.561. The monoisotopic (exact) mass is 403 g/mol. The molecule has 0 saturated carbocycles. The van der Waals surface area contributed by atoms with Crippen LogP contribution in [0.3, 0.4) is 0 Å². The molecule has 0 radical (unpaired) electrons. The van der Waals surface area contributed by atoms with Gasteiger partial charge in [-0.3, -0.25) is 4.79 Å². The minimum atomic E-state index is -0.378. The molecular weight excluding hydrogens is 386 g/mol. The second-order valence-corrected chi connectivity index (χ2v) is 7.20. The van der Waals surface area contributed by atoms with E-state index in [9.17, 15) is 9.59 Å². The maximum absolute atomic E-state index is 12.6. The van der Waals surface area contributed by atoms with Gasteiger partial charge in [-0.15, -0.1) is 11.3 Å². The number of anilines is 1. The minimum Gasteiger partial charge on any atom is -0.497 e. The number of fused-ring (bicyclic) bond motifs is 1. The number of thiophene rings is 1. The fraction of sp³-hybridized carbons (Fsp3) is 0.200. The van der Waals surface area contributed by atoms with Gasteiger partial charge in [0.15, 0.2) is 0 Å². The van der Waals surface area contributed by atoms with Gasteiger partial charge >= 0.3 is 5.97 Å². The number of nitrogens with one attached hydrogen (secondary N) is 1. The Morgan fingerprint density at radius 1 is 1.15 bits per heavy atom. The minimum absolute atomic E-state index is 0.304. The van der Waals surface area contributed by atoms with Crippen LogP contribution >= 0.6 is 22.9 Å². The molecule has 1 aromatic heterocycles. The standard InChI is InChI=1S/C20H18ClNO4S/c1-3-10-26-20(24)12-4-6-13(7-5-12)22-19(23)18-17(21)15-9-8-14(25-2)11-16(15)27-18/h4-9,11H,3,10H2,1-2H3,(H,22,23). The van der Waals surface area contributed by atoms with E-state index in [0.717, 1.165) is 16.5 Å². The van der Waals surface area contributed by atoms with Gasteiger partial charge in [-0.25, -0.2) is 4.79 Å². The Bertz CT molecular complexity index is 982. The van der Waals surface area contributed by atoms with E-state index in [1.165, 1.54) is 11.3 Å². The molecule has 2 aromatic carbocycles. The maximum atomic E-state index is 12.6. The Labute approximate surface area is 165 Å². The van der Waals surface area contributed by atoms with Crippen LogP contribution in [0.4, 0.5) is 5.69 Å². The van der Waals surface area contributed by atoms with Gasteiger partial charge in [0, 0.05) is 15.8 Å². The summed E-state index contributed by atoms with van der Waals surface area (Å²) in [5.74, 6) is 0.0237. The van der Waals surface area contributed by atoms with Gasteiger partial charge < -0.3 is 14.8 Å². The van der Waals surface area contributed by atoms with Gasteiger partial charge in [-0.05, 0) is 48.9 Å². The number of ether oxygens (including phenoxy) is 2. The highest BCUT2D eigenvalue weighted by Gasteiger charge is 2.18. The predicted molar refractivity (Wildman–Crippen MR) is 108 cm³/mol. The second-order valence-electron chi connectivity index (χ2n) is 5.77. The van der Waals surface area contributed by atoms with Gasteiger partial charge in [0.25, 0.3) is 5.91 Å². The van der Waals surface area contributed by atoms with Crippen molar-refractivity contribution in [1.82, 2.24) is 0 Å². The summed E-state index contributed by atoms with van der Waals surface area (Å²) in [6.07, 6.45) is 0.766. The molecule has 0 aliphatic heterocycles. The molecule has 0 unspecified atom stereocenters.